The summed E-state index contributed by atoms with van der Waals surface area (Å²) < 4.78 is 10.6. The highest BCUT2D eigenvalue weighted by Crippen LogP contribution is 2.18. The maximum atomic E-state index is 5.32. The highest BCUT2D eigenvalue weighted by Gasteiger charge is 2.26. The molecule has 1 saturated heterocycles. The molecule has 1 heterocycles. The Hall–Kier alpha value is 0.715. The summed E-state index contributed by atoms with van der Waals surface area (Å²) in [5, 5.41) is 0. The lowest BCUT2D eigenvalue weighted by Crippen LogP contribution is -2.34. The molecule has 2 unspecified atom stereocenters. The third kappa shape index (κ3) is 2.43. The van der Waals surface area contributed by atoms with Crippen molar-refractivity contribution in [3.8, 4) is 0 Å². The summed E-state index contributed by atoms with van der Waals surface area (Å²) in [6, 6.07) is 0. The van der Waals surface area contributed by atoms with Crippen LogP contribution in [0, 0.1) is 0 Å². The highest BCUT2D eigenvalue weighted by molar-refractivity contribution is 14.1. The van der Waals surface area contributed by atoms with Crippen molar-refractivity contribution in [2.45, 2.75) is 32.5 Å². The molecule has 0 spiro atoms. The van der Waals surface area contributed by atoms with E-state index in [0.717, 1.165) is 6.42 Å². The number of halogens is 1. The fourth-order valence-electron chi connectivity index (χ4n) is 0.976. The second-order valence-corrected chi connectivity index (χ2v) is 3.42. The van der Waals surface area contributed by atoms with Gasteiger partial charge in [-0.3, -0.25) is 0 Å². The van der Waals surface area contributed by atoms with E-state index in [9.17, 15) is 0 Å². The summed E-state index contributed by atoms with van der Waals surface area (Å²) in [5.41, 5.74) is 0. The van der Waals surface area contributed by atoms with E-state index in [1.807, 2.05) is 0 Å². The molecule has 4 heteroatoms. The first-order chi connectivity index (χ1) is 4.18. The zero-order valence-electron chi connectivity index (χ0n) is 5.63. The monoisotopic (exact) mass is 240 g/mol. The molecule has 0 aromatic rings. The van der Waals surface area contributed by atoms with E-state index in [0.29, 0.717) is 12.2 Å². The molecule has 0 amide bonds. The molecule has 2 nitrogen and oxygen atoms in total. The Morgan fingerprint density at radius 2 is 1.78 bits per heavy atom. The minimum atomic E-state index is -0.0404. The van der Waals surface area contributed by atoms with Crippen molar-refractivity contribution in [1.29, 1.82) is 0 Å². The maximum Gasteiger partial charge on any atom is 0.532 e. The van der Waals surface area contributed by atoms with Crippen molar-refractivity contribution < 1.29 is 9.31 Å². The molecule has 0 aliphatic carbocycles. The first-order valence-corrected chi connectivity index (χ1v) is 4.38. The third-order valence-corrected chi connectivity index (χ3v) is 1.93. The van der Waals surface area contributed by atoms with Crippen LogP contribution in [-0.2, 0) is 9.31 Å². The van der Waals surface area contributed by atoms with E-state index < -0.39 is 0 Å². The molecule has 1 aliphatic heterocycles. The van der Waals surface area contributed by atoms with Crippen molar-refractivity contribution >= 4 is 27.3 Å². The lowest BCUT2D eigenvalue weighted by Gasteiger charge is -2.27. The van der Waals surface area contributed by atoms with Crippen LogP contribution in [0.3, 0.4) is 0 Å². The summed E-state index contributed by atoms with van der Waals surface area (Å²) in [5.74, 6) is 0. The molecule has 0 saturated carbocycles. The largest absolute Gasteiger partial charge is 0.532 e. The van der Waals surface area contributed by atoms with Gasteiger partial charge in [-0.15, -0.1) is 0 Å². The Morgan fingerprint density at radius 1 is 1.33 bits per heavy atom. The van der Waals surface area contributed by atoms with Crippen LogP contribution in [0.5, 0.6) is 0 Å². The Bertz CT molecular complexity index is 75.9. The van der Waals surface area contributed by atoms with E-state index in [1.54, 1.807) is 0 Å². The van der Waals surface area contributed by atoms with Gasteiger partial charge in [0.15, 0.2) is 0 Å². The van der Waals surface area contributed by atoms with Crippen LogP contribution < -0.4 is 0 Å². The maximum absolute atomic E-state index is 5.32. The van der Waals surface area contributed by atoms with Gasteiger partial charge in [-0.05, 0) is 20.3 Å². The van der Waals surface area contributed by atoms with Gasteiger partial charge in [-0.25, -0.2) is 0 Å². The fourth-order valence-corrected chi connectivity index (χ4v) is 1.98. The zero-order valence-corrected chi connectivity index (χ0v) is 7.79. The molecular formula is C5H10BIO2. The van der Waals surface area contributed by atoms with Crippen LogP contribution >= 0.6 is 22.4 Å². The van der Waals surface area contributed by atoms with Crippen LogP contribution in [0.15, 0.2) is 0 Å². The Balaban J connectivity index is 2.34. The van der Waals surface area contributed by atoms with Crippen molar-refractivity contribution in [2.75, 3.05) is 0 Å². The van der Waals surface area contributed by atoms with Crippen LogP contribution in [-0.4, -0.2) is 17.2 Å². The van der Waals surface area contributed by atoms with E-state index in [4.69, 9.17) is 9.31 Å². The minimum absolute atomic E-state index is 0.0404. The van der Waals surface area contributed by atoms with E-state index in [2.05, 4.69) is 36.2 Å². The van der Waals surface area contributed by atoms with Crippen LogP contribution in [0.25, 0.3) is 0 Å². The average Bonchev–Trinajstić information content (AvgIpc) is 1.59. The van der Waals surface area contributed by atoms with E-state index in [1.165, 1.54) is 0 Å². The first-order valence-electron chi connectivity index (χ1n) is 3.13. The molecule has 0 N–H and O–H groups in total. The van der Waals surface area contributed by atoms with Gasteiger partial charge in [0.05, 0.1) is 0 Å². The molecule has 0 radical (unpaired) electrons. The average molecular weight is 240 g/mol. The quantitative estimate of drug-likeness (QED) is 0.473. The second-order valence-electron chi connectivity index (χ2n) is 2.40. The van der Waals surface area contributed by atoms with Crippen LogP contribution in [0.4, 0.5) is 0 Å². The summed E-state index contributed by atoms with van der Waals surface area (Å²) >= 11 is 2.14. The van der Waals surface area contributed by atoms with Crippen molar-refractivity contribution in [3.63, 3.8) is 0 Å². The van der Waals surface area contributed by atoms with Crippen LogP contribution in [0.1, 0.15) is 20.3 Å². The number of rotatable bonds is 0. The van der Waals surface area contributed by atoms with Crippen LogP contribution in [0.2, 0.25) is 0 Å². The van der Waals surface area contributed by atoms with Gasteiger partial charge in [-0.1, -0.05) is 22.4 Å². The Morgan fingerprint density at radius 3 is 2.11 bits per heavy atom. The lowest BCUT2D eigenvalue weighted by molar-refractivity contribution is 0.0480. The second kappa shape index (κ2) is 3.21. The van der Waals surface area contributed by atoms with Gasteiger partial charge in [0.2, 0.25) is 0 Å². The molecule has 9 heavy (non-hydrogen) atoms. The summed E-state index contributed by atoms with van der Waals surface area (Å²) in [7, 11) is 0. The SMILES string of the molecule is CC1CC(C)OB(I)O1. The van der Waals surface area contributed by atoms with Gasteiger partial charge < -0.3 is 9.31 Å². The summed E-state index contributed by atoms with van der Waals surface area (Å²) in [6.45, 7) is 4.15. The van der Waals surface area contributed by atoms with E-state index in [-0.39, 0.29) is 4.97 Å². The highest BCUT2D eigenvalue weighted by atomic mass is 127. The standard InChI is InChI=1S/C5H10BIO2/c1-4-3-5(2)9-6(7)8-4/h4-5H,3H2,1-2H3. The van der Waals surface area contributed by atoms with E-state index >= 15 is 0 Å². The van der Waals surface area contributed by atoms with Gasteiger partial charge in [0.25, 0.3) is 0 Å². The molecule has 0 bridgehead atoms. The van der Waals surface area contributed by atoms with Crippen molar-refractivity contribution in [3.05, 3.63) is 0 Å². The number of hydrogen-bond donors (Lipinski definition) is 0. The first kappa shape index (κ1) is 7.82. The Kier molecular flexibility index (Phi) is 2.79. The van der Waals surface area contributed by atoms with Gasteiger partial charge in [0, 0.05) is 12.2 Å². The van der Waals surface area contributed by atoms with Crippen molar-refractivity contribution in [1.82, 2.24) is 0 Å². The summed E-state index contributed by atoms with van der Waals surface area (Å²) in [4.78, 5) is -0.0404. The minimum Gasteiger partial charge on any atom is -0.400 e. The zero-order chi connectivity index (χ0) is 6.85. The molecule has 1 aliphatic rings. The fraction of sp³-hybridized carbons (Fsp3) is 1.00. The van der Waals surface area contributed by atoms with Gasteiger partial charge >= 0.3 is 4.97 Å². The summed E-state index contributed by atoms with van der Waals surface area (Å²) in [6.07, 6.45) is 1.73. The molecule has 0 aromatic carbocycles. The molecule has 2 atom stereocenters. The lowest BCUT2D eigenvalue weighted by atomic mass is 10.1. The molecule has 1 fully saturated rings. The normalized spacial score (nSPS) is 37.0. The Labute approximate surface area is 69.3 Å². The van der Waals surface area contributed by atoms with Gasteiger partial charge in [0.1, 0.15) is 0 Å². The smallest absolute Gasteiger partial charge is 0.400 e. The predicted molar refractivity (Wildman–Crippen MR) is 45.5 cm³/mol. The molecule has 52 valence electrons. The molecule has 1 rings (SSSR count). The predicted octanol–water partition coefficient (Wildman–Crippen LogP) is 1.62. The third-order valence-electron chi connectivity index (χ3n) is 1.34. The topological polar surface area (TPSA) is 18.5 Å². The number of hydrogen-bond acceptors (Lipinski definition) is 2. The molecule has 0 aromatic heterocycles. The molecular weight excluding hydrogens is 230 g/mol. The van der Waals surface area contributed by atoms with Crippen molar-refractivity contribution in [2.24, 2.45) is 0 Å². The van der Waals surface area contributed by atoms with Gasteiger partial charge in [-0.2, -0.15) is 0 Å².